The lowest BCUT2D eigenvalue weighted by Crippen LogP contribution is -2.10. The van der Waals surface area contributed by atoms with E-state index in [1.54, 1.807) is 0 Å². The van der Waals surface area contributed by atoms with Crippen LogP contribution in [0.15, 0.2) is 36.4 Å². The van der Waals surface area contributed by atoms with Gasteiger partial charge in [0, 0.05) is 23.4 Å². The standard InChI is InChI=1S/C17H21NO3/c1-12(18)14-10-9-13-6-3-4-7-15(13)17(14)21-11-5-8-16(19)20-2/h3-4,6-7,9-10,12H,5,8,11,18H2,1-2H3/t12-/m0/s1. The largest absolute Gasteiger partial charge is 0.493 e. The van der Waals surface area contributed by atoms with Gasteiger partial charge in [0.25, 0.3) is 0 Å². The first-order valence-electron chi connectivity index (χ1n) is 7.10. The second kappa shape index (κ2) is 7.09. The lowest BCUT2D eigenvalue weighted by atomic mass is 10.0. The van der Waals surface area contributed by atoms with Crippen molar-refractivity contribution in [2.75, 3.05) is 13.7 Å². The van der Waals surface area contributed by atoms with E-state index in [0.29, 0.717) is 19.4 Å². The van der Waals surface area contributed by atoms with Gasteiger partial charge in [-0.25, -0.2) is 0 Å². The van der Waals surface area contributed by atoms with E-state index in [1.165, 1.54) is 7.11 Å². The molecule has 4 nitrogen and oxygen atoms in total. The van der Waals surface area contributed by atoms with Crippen LogP contribution in [0.5, 0.6) is 5.75 Å². The van der Waals surface area contributed by atoms with Gasteiger partial charge in [-0.3, -0.25) is 4.79 Å². The number of ether oxygens (including phenoxy) is 2. The molecule has 4 heteroatoms. The first kappa shape index (κ1) is 15.3. The minimum absolute atomic E-state index is 0.106. The molecule has 1 atom stereocenters. The van der Waals surface area contributed by atoms with Crippen molar-refractivity contribution in [1.29, 1.82) is 0 Å². The molecule has 0 fully saturated rings. The SMILES string of the molecule is COC(=O)CCCOc1c([C@H](C)N)ccc2ccccc12. The second-order valence-electron chi connectivity index (χ2n) is 5.02. The lowest BCUT2D eigenvalue weighted by molar-refractivity contribution is -0.140. The number of fused-ring (bicyclic) bond motifs is 1. The highest BCUT2D eigenvalue weighted by Gasteiger charge is 2.12. The number of nitrogens with two attached hydrogens (primary N) is 1. The maximum absolute atomic E-state index is 11.1. The predicted molar refractivity (Wildman–Crippen MR) is 83.3 cm³/mol. The van der Waals surface area contributed by atoms with Crippen molar-refractivity contribution in [2.24, 2.45) is 5.73 Å². The number of hydrogen-bond acceptors (Lipinski definition) is 4. The summed E-state index contributed by atoms with van der Waals surface area (Å²) in [6.07, 6.45) is 0.975. The summed E-state index contributed by atoms with van der Waals surface area (Å²) in [5, 5.41) is 2.16. The number of rotatable bonds is 6. The molecule has 0 aliphatic heterocycles. The molecule has 2 N–H and O–H groups in total. The van der Waals surface area contributed by atoms with Crippen LogP contribution in [0, 0.1) is 0 Å². The molecular formula is C17H21NO3. The highest BCUT2D eigenvalue weighted by molar-refractivity contribution is 5.89. The molecule has 0 saturated carbocycles. The Hall–Kier alpha value is -2.07. The van der Waals surface area contributed by atoms with Crippen LogP contribution >= 0.6 is 0 Å². The first-order valence-corrected chi connectivity index (χ1v) is 7.10. The Balaban J connectivity index is 2.19. The van der Waals surface area contributed by atoms with Gasteiger partial charge in [-0.1, -0.05) is 36.4 Å². The van der Waals surface area contributed by atoms with Crippen LogP contribution in [0.2, 0.25) is 0 Å². The zero-order valence-electron chi connectivity index (χ0n) is 12.5. The summed E-state index contributed by atoms with van der Waals surface area (Å²) in [7, 11) is 1.39. The topological polar surface area (TPSA) is 61.5 Å². The van der Waals surface area contributed by atoms with Gasteiger partial charge < -0.3 is 15.2 Å². The van der Waals surface area contributed by atoms with Gasteiger partial charge in [0.2, 0.25) is 0 Å². The number of carbonyl (C=O) groups excluding carboxylic acids is 1. The molecule has 0 aromatic heterocycles. The van der Waals surface area contributed by atoms with Gasteiger partial charge in [0.15, 0.2) is 0 Å². The van der Waals surface area contributed by atoms with Gasteiger partial charge >= 0.3 is 5.97 Å². The summed E-state index contributed by atoms with van der Waals surface area (Å²) in [6.45, 7) is 2.40. The third kappa shape index (κ3) is 3.73. The molecule has 0 aliphatic carbocycles. The van der Waals surface area contributed by atoms with E-state index in [1.807, 2.05) is 37.3 Å². The zero-order chi connectivity index (χ0) is 15.2. The number of carbonyl (C=O) groups is 1. The van der Waals surface area contributed by atoms with Gasteiger partial charge in [-0.2, -0.15) is 0 Å². The Labute approximate surface area is 124 Å². The van der Waals surface area contributed by atoms with Gasteiger partial charge in [-0.15, -0.1) is 0 Å². The number of methoxy groups -OCH3 is 1. The van der Waals surface area contributed by atoms with E-state index in [0.717, 1.165) is 22.1 Å². The van der Waals surface area contributed by atoms with Crippen LogP contribution in [0.3, 0.4) is 0 Å². The molecular weight excluding hydrogens is 266 g/mol. The summed E-state index contributed by atoms with van der Waals surface area (Å²) in [4.78, 5) is 11.1. The number of benzene rings is 2. The van der Waals surface area contributed by atoms with Gasteiger partial charge in [-0.05, 0) is 18.7 Å². The summed E-state index contributed by atoms with van der Waals surface area (Å²) >= 11 is 0. The molecule has 0 unspecified atom stereocenters. The van der Waals surface area contributed by atoms with Crippen LogP contribution in [-0.2, 0) is 9.53 Å². The quantitative estimate of drug-likeness (QED) is 0.654. The molecule has 112 valence electrons. The first-order chi connectivity index (χ1) is 10.1. The fourth-order valence-corrected chi connectivity index (χ4v) is 2.27. The van der Waals surface area contributed by atoms with E-state index >= 15 is 0 Å². The van der Waals surface area contributed by atoms with E-state index in [4.69, 9.17) is 10.5 Å². The third-order valence-corrected chi connectivity index (χ3v) is 3.40. The molecule has 0 aliphatic rings. The van der Waals surface area contributed by atoms with E-state index in [9.17, 15) is 4.79 Å². The highest BCUT2D eigenvalue weighted by Crippen LogP contribution is 2.33. The average molecular weight is 287 g/mol. The Morgan fingerprint density at radius 2 is 2.00 bits per heavy atom. The maximum Gasteiger partial charge on any atom is 0.305 e. The molecule has 0 saturated heterocycles. The van der Waals surface area contributed by atoms with E-state index < -0.39 is 0 Å². The number of hydrogen-bond donors (Lipinski definition) is 1. The van der Waals surface area contributed by atoms with Crippen molar-refractivity contribution < 1.29 is 14.3 Å². The van der Waals surface area contributed by atoms with Crippen LogP contribution in [-0.4, -0.2) is 19.7 Å². The molecule has 0 spiro atoms. The summed E-state index contributed by atoms with van der Waals surface area (Å²) < 4.78 is 10.5. The van der Waals surface area contributed by atoms with Crippen molar-refractivity contribution in [3.05, 3.63) is 42.0 Å². The van der Waals surface area contributed by atoms with Crippen molar-refractivity contribution in [1.82, 2.24) is 0 Å². The fraction of sp³-hybridized carbons (Fsp3) is 0.353. The van der Waals surface area contributed by atoms with Crippen LogP contribution in [0.25, 0.3) is 10.8 Å². The van der Waals surface area contributed by atoms with E-state index in [-0.39, 0.29) is 12.0 Å². The molecule has 0 bridgehead atoms. The second-order valence-corrected chi connectivity index (χ2v) is 5.02. The van der Waals surface area contributed by atoms with Gasteiger partial charge in [0.1, 0.15) is 5.75 Å². The van der Waals surface area contributed by atoms with E-state index in [2.05, 4.69) is 10.8 Å². The Morgan fingerprint density at radius 1 is 1.24 bits per heavy atom. The van der Waals surface area contributed by atoms with Crippen molar-refractivity contribution in [3.63, 3.8) is 0 Å². The molecule has 0 radical (unpaired) electrons. The minimum Gasteiger partial charge on any atom is -0.493 e. The minimum atomic E-state index is -0.219. The molecule has 0 heterocycles. The molecule has 2 rings (SSSR count). The molecule has 2 aromatic rings. The highest BCUT2D eigenvalue weighted by atomic mass is 16.5. The normalized spacial score (nSPS) is 12.1. The van der Waals surface area contributed by atoms with Gasteiger partial charge in [0.05, 0.1) is 13.7 Å². The smallest absolute Gasteiger partial charge is 0.305 e. The lowest BCUT2D eigenvalue weighted by Gasteiger charge is -2.16. The number of esters is 1. The summed E-state index contributed by atoms with van der Waals surface area (Å²) in [6, 6.07) is 12.0. The van der Waals surface area contributed by atoms with Crippen molar-refractivity contribution in [2.45, 2.75) is 25.8 Å². The van der Waals surface area contributed by atoms with Crippen LogP contribution in [0.4, 0.5) is 0 Å². The van der Waals surface area contributed by atoms with Crippen LogP contribution in [0.1, 0.15) is 31.4 Å². The summed E-state index contributed by atoms with van der Waals surface area (Å²) in [5.74, 6) is 0.594. The third-order valence-electron chi connectivity index (χ3n) is 3.40. The summed E-state index contributed by atoms with van der Waals surface area (Å²) in [5.41, 5.74) is 7.00. The monoisotopic (exact) mass is 287 g/mol. The van der Waals surface area contributed by atoms with Crippen molar-refractivity contribution in [3.8, 4) is 5.75 Å². The Kier molecular flexibility index (Phi) is 5.17. The fourth-order valence-electron chi connectivity index (χ4n) is 2.27. The molecule has 0 amide bonds. The maximum atomic E-state index is 11.1. The zero-order valence-corrected chi connectivity index (χ0v) is 12.5. The van der Waals surface area contributed by atoms with Crippen LogP contribution < -0.4 is 10.5 Å². The van der Waals surface area contributed by atoms with Crippen molar-refractivity contribution >= 4 is 16.7 Å². The Bertz CT molecular complexity index is 622. The molecule has 21 heavy (non-hydrogen) atoms. The predicted octanol–water partition coefficient (Wildman–Crippen LogP) is 3.19. The molecule has 2 aromatic carbocycles. The Morgan fingerprint density at radius 3 is 2.71 bits per heavy atom. The average Bonchev–Trinajstić information content (AvgIpc) is 2.50.